The van der Waals surface area contributed by atoms with Crippen molar-refractivity contribution in [2.24, 2.45) is 5.73 Å². The molecule has 1 aromatic carbocycles. The first kappa shape index (κ1) is 14.0. The second-order valence-corrected chi connectivity index (χ2v) is 6.82. The van der Waals surface area contributed by atoms with Gasteiger partial charge in [-0.2, -0.15) is 0 Å². The van der Waals surface area contributed by atoms with Crippen LogP contribution in [0, 0.1) is 0 Å². The van der Waals surface area contributed by atoms with Crippen molar-refractivity contribution >= 4 is 10.9 Å². The Morgan fingerprint density at radius 3 is 3.09 bits per heavy atom. The second kappa shape index (κ2) is 5.25. The first-order chi connectivity index (χ1) is 10.7. The number of likely N-dealkylation sites (tertiary alicyclic amines) is 1. The minimum Gasteiger partial charge on any atom is -0.358 e. The number of nitrogens with two attached hydrogens (primary N) is 1. The van der Waals surface area contributed by atoms with E-state index in [0.717, 1.165) is 32.4 Å². The molecule has 1 fully saturated rings. The lowest BCUT2D eigenvalue weighted by atomic mass is 9.73. The van der Waals surface area contributed by atoms with Gasteiger partial charge >= 0.3 is 0 Å². The van der Waals surface area contributed by atoms with Gasteiger partial charge in [0.25, 0.3) is 0 Å². The Balaban J connectivity index is 1.87. The van der Waals surface area contributed by atoms with E-state index in [0.29, 0.717) is 12.0 Å². The van der Waals surface area contributed by atoms with Crippen molar-refractivity contribution in [2.45, 2.75) is 44.2 Å². The van der Waals surface area contributed by atoms with E-state index in [9.17, 15) is 0 Å². The molecule has 0 unspecified atom stereocenters. The van der Waals surface area contributed by atoms with Gasteiger partial charge in [-0.15, -0.1) is 6.58 Å². The zero-order valence-corrected chi connectivity index (χ0v) is 13.3. The molecule has 1 aliphatic heterocycles. The predicted octanol–water partition coefficient (Wildman–Crippen LogP) is 2.96. The van der Waals surface area contributed by atoms with Crippen molar-refractivity contribution in [3.63, 3.8) is 0 Å². The summed E-state index contributed by atoms with van der Waals surface area (Å²) in [6.45, 7) is 8.10. The summed E-state index contributed by atoms with van der Waals surface area (Å²) >= 11 is 0. The predicted molar refractivity (Wildman–Crippen MR) is 92.3 cm³/mol. The Bertz CT molecular complexity index is 715. The van der Waals surface area contributed by atoms with E-state index in [1.807, 2.05) is 6.08 Å². The summed E-state index contributed by atoms with van der Waals surface area (Å²) in [6.07, 6.45) is 5.33. The van der Waals surface area contributed by atoms with Crippen LogP contribution >= 0.6 is 0 Å². The van der Waals surface area contributed by atoms with Crippen molar-refractivity contribution in [1.29, 1.82) is 0 Å². The molecule has 1 aliphatic carbocycles. The molecule has 0 bridgehead atoms. The number of fused-ring (bicyclic) bond motifs is 2. The number of H-pyrrole nitrogens is 1. The maximum absolute atomic E-state index is 6.36. The summed E-state index contributed by atoms with van der Waals surface area (Å²) in [7, 11) is 0. The molecule has 2 heterocycles. The molecule has 0 spiro atoms. The van der Waals surface area contributed by atoms with Crippen molar-refractivity contribution in [1.82, 2.24) is 9.88 Å². The fourth-order valence-electron chi connectivity index (χ4n) is 4.68. The van der Waals surface area contributed by atoms with Crippen molar-refractivity contribution in [3.8, 4) is 0 Å². The van der Waals surface area contributed by atoms with Crippen LogP contribution in [0.2, 0.25) is 0 Å². The molecule has 0 saturated carbocycles. The summed E-state index contributed by atoms with van der Waals surface area (Å²) in [6, 6.07) is 7.56. The summed E-state index contributed by atoms with van der Waals surface area (Å²) in [4.78, 5) is 6.19. The Kier molecular flexibility index (Phi) is 3.35. The van der Waals surface area contributed by atoms with Crippen LogP contribution in [0.25, 0.3) is 10.9 Å². The molecule has 1 aromatic heterocycles. The highest BCUT2D eigenvalue weighted by molar-refractivity contribution is 5.89. The normalized spacial score (nSPS) is 27.8. The number of hydrogen-bond acceptors (Lipinski definition) is 2. The lowest BCUT2D eigenvalue weighted by molar-refractivity contribution is 0.124. The minimum absolute atomic E-state index is 0.266. The summed E-state index contributed by atoms with van der Waals surface area (Å²) < 4.78 is 0. The lowest BCUT2D eigenvalue weighted by Gasteiger charge is -2.46. The molecule has 4 rings (SSSR count). The van der Waals surface area contributed by atoms with Gasteiger partial charge in [-0.25, -0.2) is 0 Å². The lowest BCUT2D eigenvalue weighted by Crippen LogP contribution is -2.54. The minimum atomic E-state index is 0.266. The fraction of sp³-hybridized carbons (Fsp3) is 0.474. The molecule has 0 amide bonds. The molecule has 3 N–H and O–H groups in total. The van der Waals surface area contributed by atoms with E-state index in [1.54, 1.807) is 5.56 Å². The first-order valence-electron chi connectivity index (χ1n) is 8.45. The highest BCUT2D eigenvalue weighted by Gasteiger charge is 2.40. The number of aromatic amines is 1. The smallest absolute Gasteiger partial charge is 0.0461 e. The largest absolute Gasteiger partial charge is 0.358 e. The Labute approximate surface area is 132 Å². The van der Waals surface area contributed by atoms with Crippen LogP contribution in [0.5, 0.6) is 0 Å². The first-order valence-corrected chi connectivity index (χ1v) is 8.45. The van der Waals surface area contributed by atoms with Crippen LogP contribution in [-0.2, 0) is 12.8 Å². The molecule has 3 atom stereocenters. The van der Waals surface area contributed by atoms with Gasteiger partial charge in [0.1, 0.15) is 0 Å². The standard InChI is InChI=1S/C19H25N3/c1-3-8-22-11-12(20)9-14-13-6-5-7-17-19(13)15(10-18(14)22)16(4-2)21-17/h3,5-7,12,14,18,21H,1,4,8-11,20H2,2H3/t12-,14+,18+/m0/s1. The number of hydrogen-bond donors (Lipinski definition) is 2. The average molecular weight is 295 g/mol. The molecular formula is C19H25N3. The van der Waals surface area contributed by atoms with E-state index in [2.05, 4.69) is 41.6 Å². The van der Waals surface area contributed by atoms with E-state index >= 15 is 0 Å². The van der Waals surface area contributed by atoms with Crippen LogP contribution in [-0.4, -0.2) is 35.1 Å². The van der Waals surface area contributed by atoms with E-state index < -0.39 is 0 Å². The van der Waals surface area contributed by atoms with E-state index in [1.165, 1.54) is 22.2 Å². The molecule has 2 aliphatic rings. The SMILES string of the molecule is C=CCN1C[C@@H](N)C[C@@H]2c3cccc4[nH]c(CC)c(c34)C[C@H]21. The van der Waals surface area contributed by atoms with Crippen LogP contribution < -0.4 is 5.73 Å². The van der Waals surface area contributed by atoms with Gasteiger partial charge in [-0.05, 0) is 36.5 Å². The highest BCUT2D eigenvalue weighted by Crippen LogP contribution is 2.44. The fourth-order valence-corrected chi connectivity index (χ4v) is 4.68. The van der Waals surface area contributed by atoms with Gasteiger partial charge in [0, 0.05) is 47.7 Å². The number of aryl methyl sites for hydroxylation is 1. The van der Waals surface area contributed by atoms with E-state index in [-0.39, 0.29) is 6.04 Å². The maximum atomic E-state index is 6.36. The van der Waals surface area contributed by atoms with E-state index in [4.69, 9.17) is 5.73 Å². The van der Waals surface area contributed by atoms with Crippen LogP contribution in [0.4, 0.5) is 0 Å². The summed E-state index contributed by atoms with van der Waals surface area (Å²) in [5.74, 6) is 0.556. The van der Waals surface area contributed by atoms with Crippen molar-refractivity contribution in [2.75, 3.05) is 13.1 Å². The molecule has 116 valence electrons. The third-order valence-corrected chi connectivity index (χ3v) is 5.54. The third-order valence-electron chi connectivity index (χ3n) is 5.54. The van der Waals surface area contributed by atoms with Crippen LogP contribution in [0.3, 0.4) is 0 Å². The topological polar surface area (TPSA) is 45.0 Å². The molecular weight excluding hydrogens is 270 g/mol. The summed E-state index contributed by atoms with van der Waals surface area (Å²) in [5, 5.41) is 1.48. The maximum Gasteiger partial charge on any atom is 0.0461 e. The second-order valence-electron chi connectivity index (χ2n) is 6.82. The van der Waals surface area contributed by atoms with Crippen molar-refractivity contribution < 1.29 is 0 Å². The Morgan fingerprint density at radius 2 is 2.32 bits per heavy atom. The molecule has 0 radical (unpaired) electrons. The third kappa shape index (κ3) is 1.96. The van der Waals surface area contributed by atoms with Gasteiger partial charge in [0.05, 0.1) is 0 Å². The van der Waals surface area contributed by atoms with Crippen LogP contribution in [0.15, 0.2) is 30.9 Å². The molecule has 3 nitrogen and oxygen atoms in total. The monoisotopic (exact) mass is 295 g/mol. The van der Waals surface area contributed by atoms with Crippen molar-refractivity contribution in [3.05, 3.63) is 47.7 Å². The zero-order chi connectivity index (χ0) is 15.3. The van der Waals surface area contributed by atoms with Crippen LogP contribution in [0.1, 0.15) is 36.1 Å². The number of piperidine rings is 1. The highest BCUT2D eigenvalue weighted by atomic mass is 15.2. The summed E-state index contributed by atoms with van der Waals surface area (Å²) in [5.41, 5.74) is 12.1. The average Bonchev–Trinajstić information content (AvgIpc) is 2.88. The quantitative estimate of drug-likeness (QED) is 0.855. The Morgan fingerprint density at radius 1 is 1.45 bits per heavy atom. The number of nitrogens with zero attached hydrogens (tertiary/aromatic N) is 1. The molecule has 22 heavy (non-hydrogen) atoms. The van der Waals surface area contributed by atoms with Gasteiger partial charge in [-0.1, -0.05) is 25.1 Å². The van der Waals surface area contributed by atoms with Gasteiger partial charge < -0.3 is 10.7 Å². The molecule has 1 saturated heterocycles. The molecule has 2 aromatic rings. The van der Waals surface area contributed by atoms with Gasteiger partial charge in [0.2, 0.25) is 0 Å². The number of rotatable bonds is 3. The number of nitrogens with one attached hydrogen (secondary N) is 1. The van der Waals surface area contributed by atoms with Gasteiger partial charge in [-0.3, -0.25) is 4.90 Å². The van der Waals surface area contributed by atoms with Gasteiger partial charge in [0.15, 0.2) is 0 Å². The number of aromatic nitrogens is 1. The number of benzene rings is 1. The zero-order valence-electron chi connectivity index (χ0n) is 13.3. The Hall–Kier alpha value is -1.58. The molecule has 3 heteroatoms.